The van der Waals surface area contributed by atoms with Crippen LogP contribution in [0.5, 0.6) is 0 Å². The molecule has 0 radical (unpaired) electrons. The highest BCUT2D eigenvalue weighted by atomic mass is 32.1. The van der Waals surface area contributed by atoms with Gasteiger partial charge in [-0.2, -0.15) is 0 Å². The number of aromatic nitrogens is 1. The van der Waals surface area contributed by atoms with Crippen LogP contribution in [0.2, 0.25) is 0 Å². The van der Waals surface area contributed by atoms with Crippen molar-refractivity contribution in [2.45, 2.75) is 32.2 Å². The molecule has 4 rings (SSSR count). The van der Waals surface area contributed by atoms with Gasteiger partial charge < -0.3 is 15.6 Å². The molecule has 0 aliphatic heterocycles. The molecule has 0 saturated carbocycles. The first-order chi connectivity index (χ1) is 13.0. The molecule has 3 N–H and O–H groups in total. The minimum atomic E-state index is -0.521. The first-order valence-corrected chi connectivity index (χ1v) is 9.68. The quantitative estimate of drug-likeness (QED) is 0.727. The van der Waals surface area contributed by atoms with Crippen LogP contribution in [-0.2, 0) is 24.2 Å². The highest BCUT2D eigenvalue weighted by Gasteiger charge is 2.25. The summed E-state index contributed by atoms with van der Waals surface area (Å²) in [7, 11) is 0. The van der Waals surface area contributed by atoms with Gasteiger partial charge in [0.1, 0.15) is 11.5 Å². The van der Waals surface area contributed by atoms with Gasteiger partial charge in [0.15, 0.2) is 0 Å². The fourth-order valence-corrected chi connectivity index (χ4v) is 4.90. The number of hydrogen-bond donors (Lipinski definition) is 2. The first kappa shape index (κ1) is 17.5. The lowest BCUT2D eigenvalue weighted by Crippen LogP contribution is -2.27. The molecule has 0 unspecified atom stereocenters. The highest BCUT2D eigenvalue weighted by molar-refractivity contribution is 7.17. The van der Waals surface area contributed by atoms with Crippen LogP contribution in [0, 0.1) is 0 Å². The van der Waals surface area contributed by atoms with E-state index in [1.807, 2.05) is 18.2 Å². The highest BCUT2D eigenvalue weighted by Crippen LogP contribution is 2.37. The summed E-state index contributed by atoms with van der Waals surface area (Å²) in [6.45, 7) is -0.121. The van der Waals surface area contributed by atoms with Crippen molar-refractivity contribution >= 4 is 38.9 Å². The molecule has 0 saturated heterocycles. The maximum Gasteiger partial charge on any atom is 0.258 e. The molecule has 1 aromatic carbocycles. The molecule has 1 aliphatic carbocycles. The summed E-state index contributed by atoms with van der Waals surface area (Å²) in [6, 6.07) is 9.07. The van der Waals surface area contributed by atoms with Crippen LogP contribution in [-0.4, -0.2) is 16.4 Å². The number of carbonyl (C=O) groups is 2. The summed E-state index contributed by atoms with van der Waals surface area (Å²) >= 11 is 1.42. The van der Waals surface area contributed by atoms with Gasteiger partial charge in [-0.1, -0.05) is 18.2 Å². The number of fused-ring (bicyclic) bond motifs is 2. The summed E-state index contributed by atoms with van der Waals surface area (Å²) in [5, 5.41) is 4.69. The molecule has 0 bridgehead atoms. The molecule has 0 spiro atoms. The zero-order valence-electron chi connectivity index (χ0n) is 14.7. The second-order valence-corrected chi connectivity index (χ2v) is 7.77. The summed E-state index contributed by atoms with van der Waals surface area (Å²) in [5.41, 5.74) is 6.73. The van der Waals surface area contributed by atoms with E-state index in [9.17, 15) is 14.4 Å². The van der Waals surface area contributed by atoms with Gasteiger partial charge in [0.25, 0.3) is 11.5 Å². The zero-order valence-corrected chi connectivity index (χ0v) is 15.5. The van der Waals surface area contributed by atoms with Crippen molar-refractivity contribution in [3.05, 3.63) is 62.9 Å². The maximum absolute atomic E-state index is 12.6. The van der Waals surface area contributed by atoms with E-state index >= 15 is 0 Å². The lowest BCUT2D eigenvalue weighted by atomic mass is 9.95. The number of benzene rings is 1. The van der Waals surface area contributed by atoms with Gasteiger partial charge in [0.2, 0.25) is 5.91 Å². The Bertz CT molecular complexity index is 1110. The number of nitrogens with one attached hydrogen (secondary N) is 1. The van der Waals surface area contributed by atoms with Crippen LogP contribution in [0.3, 0.4) is 0 Å². The Hall–Kier alpha value is -2.93. The number of aryl methyl sites for hydroxylation is 1. The number of nitrogens with zero attached hydrogens (tertiary/aromatic N) is 1. The molecule has 2 aromatic heterocycles. The van der Waals surface area contributed by atoms with Crippen LogP contribution in [0.25, 0.3) is 10.8 Å². The zero-order chi connectivity index (χ0) is 19.0. The molecule has 27 heavy (non-hydrogen) atoms. The minimum absolute atomic E-state index is 0.121. The van der Waals surface area contributed by atoms with Gasteiger partial charge in [0.05, 0.1) is 5.56 Å². The number of pyridine rings is 1. The van der Waals surface area contributed by atoms with Crippen molar-refractivity contribution in [1.29, 1.82) is 0 Å². The van der Waals surface area contributed by atoms with Crippen LogP contribution in [0.15, 0.2) is 41.3 Å². The summed E-state index contributed by atoms with van der Waals surface area (Å²) in [6.07, 6.45) is 5.42. The maximum atomic E-state index is 12.6. The summed E-state index contributed by atoms with van der Waals surface area (Å²) < 4.78 is 1.37. The molecule has 1 aliphatic rings. The third-order valence-corrected chi connectivity index (χ3v) is 6.08. The number of anilines is 1. The molecular weight excluding hydrogens is 362 g/mol. The summed E-state index contributed by atoms with van der Waals surface area (Å²) in [4.78, 5) is 38.1. The van der Waals surface area contributed by atoms with E-state index in [0.29, 0.717) is 16.0 Å². The Labute approximate surface area is 159 Å². The van der Waals surface area contributed by atoms with Gasteiger partial charge in [-0.15, -0.1) is 11.3 Å². The molecule has 7 heteroatoms. The standard InChI is InChI=1S/C20H19N3O3S/c21-18(25)17-14-7-3-4-8-15(14)27-19(17)22-16(24)11-23-10-9-12-5-1-2-6-13(12)20(23)26/h1-2,5-6,9-10H,3-4,7-8,11H2,(H2,21,25)(H,22,24). The molecule has 0 atom stereocenters. The largest absolute Gasteiger partial charge is 0.365 e. The van der Waals surface area contributed by atoms with Crippen molar-refractivity contribution < 1.29 is 9.59 Å². The fourth-order valence-electron chi connectivity index (χ4n) is 3.59. The third-order valence-electron chi connectivity index (χ3n) is 4.87. The molecule has 2 heterocycles. The van der Waals surface area contributed by atoms with Crippen molar-refractivity contribution in [2.24, 2.45) is 5.73 Å². The van der Waals surface area contributed by atoms with E-state index in [0.717, 1.165) is 41.5 Å². The van der Waals surface area contributed by atoms with E-state index in [4.69, 9.17) is 5.73 Å². The SMILES string of the molecule is NC(=O)c1c(NC(=O)Cn2ccc3ccccc3c2=O)sc2c1CCCC2. The van der Waals surface area contributed by atoms with Crippen LogP contribution < -0.4 is 16.6 Å². The second kappa shape index (κ2) is 7.00. The topological polar surface area (TPSA) is 94.2 Å². The van der Waals surface area contributed by atoms with E-state index < -0.39 is 5.91 Å². The van der Waals surface area contributed by atoms with Crippen molar-refractivity contribution in [3.63, 3.8) is 0 Å². The molecule has 6 nitrogen and oxygen atoms in total. The van der Waals surface area contributed by atoms with E-state index in [1.54, 1.807) is 18.3 Å². The molecule has 0 fully saturated rings. The average Bonchev–Trinajstić information content (AvgIpc) is 3.02. The monoisotopic (exact) mass is 381 g/mol. The lowest BCUT2D eigenvalue weighted by Gasteiger charge is -2.11. The van der Waals surface area contributed by atoms with Crippen molar-refractivity contribution in [3.8, 4) is 0 Å². The molecule has 2 amide bonds. The van der Waals surface area contributed by atoms with Crippen molar-refractivity contribution in [1.82, 2.24) is 4.57 Å². The van der Waals surface area contributed by atoms with E-state index in [1.165, 1.54) is 15.9 Å². The van der Waals surface area contributed by atoms with Crippen LogP contribution in [0.1, 0.15) is 33.6 Å². The number of primary amides is 1. The Balaban J connectivity index is 1.60. The predicted octanol–water partition coefficient (Wildman–Crippen LogP) is 2.68. The molecular formula is C20H19N3O3S. The van der Waals surface area contributed by atoms with Crippen LogP contribution >= 0.6 is 11.3 Å². The smallest absolute Gasteiger partial charge is 0.258 e. The normalized spacial score (nSPS) is 13.3. The van der Waals surface area contributed by atoms with E-state index in [2.05, 4.69) is 5.32 Å². The number of hydrogen-bond acceptors (Lipinski definition) is 4. The van der Waals surface area contributed by atoms with Gasteiger partial charge in [-0.25, -0.2) is 0 Å². The fraction of sp³-hybridized carbons (Fsp3) is 0.250. The number of nitrogens with two attached hydrogens (primary N) is 1. The van der Waals surface area contributed by atoms with Crippen LogP contribution in [0.4, 0.5) is 5.00 Å². The average molecular weight is 381 g/mol. The Morgan fingerprint density at radius 3 is 2.74 bits per heavy atom. The summed E-state index contributed by atoms with van der Waals surface area (Å²) in [5.74, 6) is -0.874. The minimum Gasteiger partial charge on any atom is -0.365 e. The van der Waals surface area contributed by atoms with Gasteiger partial charge in [-0.05, 0) is 48.8 Å². The van der Waals surface area contributed by atoms with Gasteiger partial charge >= 0.3 is 0 Å². The van der Waals surface area contributed by atoms with Crippen molar-refractivity contribution in [2.75, 3.05) is 5.32 Å². The number of rotatable bonds is 4. The number of thiophene rings is 1. The Kier molecular flexibility index (Phi) is 4.53. The first-order valence-electron chi connectivity index (χ1n) is 8.87. The number of amides is 2. The molecule has 138 valence electrons. The third kappa shape index (κ3) is 3.26. The second-order valence-electron chi connectivity index (χ2n) is 6.66. The lowest BCUT2D eigenvalue weighted by molar-refractivity contribution is -0.116. The number of carbonyl (C=O) groups excluding carboxylic acids is 2. The predicted molar refractivity (Wildman–Crippen MR) is 106 cm³/mol. The van der Waals surface area contributed by atoms with Gasteiger partial charge in [-0.3, -0.25) is 14.4 Å². The Morgan fingerprint density at radius 1 is 1.15 bits per heavy atom. The molecule has 3 aromatic rings. The Morgan fingerprint density at radius 2 is 1.93 bits per heavy atom. The van der Waals surface area contributed by atoms with E-state index in [-0.39, 0.29) is 18.0 Å². The van der Waals surface area contributed by atoms with Gasteiger partial charge in [0, 0.05) is 16.5 Å².